The maximum Gasteiger partial charge on any atom is 0.573 e. The van der Waals surface area contributed by atoms with E-state index in [0.29, 0.717) is 25.7 Å². The highest BCUT2D eigenvalue weighted by Crippen LogP contribution is 2.32. The van der Waals surface area contributed by atoms with Gasteiger partial charge in [-0.05, 0) is 50.3 Å². The Kier molecular flexibility index (Phi) is 6.74. The summed E-state index contributed by atoms with van der Waals surface area (Å²) in [6.07, 6.45) is -0.431. The normalized spacial score (nSPS) is 17.0. The summed E-state index contributed by atoms with van der Waals surface area (Å²) in [7, 11) is -3.90. The predicted octanol–water partition coefficient (Wildman–Crippen LogP) is 4.77. The van der Waals surface area contributed by atoms with Crippen LogP contribution >= 0.6 is 0 Å². The molecule has 8 heteroatoms. The summed E-state index contributed by atoms with van der Waals surface area (Å²) >= 11 is 0. The van der Waals surface area contributed by atoms with Crippen molar-refractivity contribution in [1.29, 1.82) is 0 Å². The third-order valence-electron chi connectivity index (χ3n) is 4.26. The van der Waals surface area contributed by atoms with E-state index in [9.17, 15) is 21.6 Å². The van der Waals surface area contributed by atoms with Crippen molar-refractivity contribution in [2.45, 2.75) is 69.2 Å². The Morgan fingerprint density at radius 1 is 1.19 bits per heavy atom. The van der Waals surface area contributed by atoms with Gasteiger partial charge in [-0.2, -0.15) is 0 Å². The molecule has 0 radical (unpaired) electrons. The van der Waals surface area contributed by atoms with Crippen molar-refractivity contribution in [3.63, 3.8) is 0 Å². The van der Waals surface area contributed by atoms with Gasteiger partial charge in [0.25, 0.3) is 0 Å². The third-order valence-corrected chi connectivity index (χ3v) is 5.80. The monoisotopic (exact) mass is 393 g/mol. The van der Waals surface area contributed by atoms with E-state index in [2.05, 4.69) is 4.74 Å². The second-order valence-electron chi connectivity index (χ2n) is 6.51. The van der Waals surface area contributed by atoms with Crippen molar-refractivity contribution in [2.75, 3.05) is 0 Å². The van der Waals surface area contributed by atoms with Crippen molar-refractivity contribution < 1.29 is 31.4 Å². The van der Waals surface area contributed by atoms with Gasteiger partial charge < -0.3 is 9.84 Å². The Balaban J connectivity index is 2.44. The molecule has 1 aliphatic rings. The van der Waals surface area contributed by atoms with Gasteiger partial charge in [-0.15, -0.1) is 13.2 Å². The molecular weight excluding hydrogens is 369 g/mol. The van der Waals surface area contributed by atoms with Gasteiger partial charge in [-0.3, -0.25) is 0 Å². The highest BCUT2D eigenvalue weighted by Gasteiger charge is 2.32. The number of halogens is 3. The quantitative estimate of drug-likeness (QED) is 0.654. The zero-order valence-corrected chi connectivity index (χ0v) is 15.4. The molecule has 1 aromatic rings. The van der Waals surface area contributed by atoms with E-state index >= 15 is 0 Å². The summed E-state index contributed by atoms with van der Waals surface area (Å²) in [4.78, 5) is -0.263. The van der Waals surface area contributed by atoms with Crippen LogP contribution in [0.2, 0.25) is 0 Å². The predicted molar refractivity (Wildman–Crippen MR) is 92.7 cm³/mol. The largest absolute Gasteiger partial charge is 0.573 e. The molecule has 4 nitrogen and oxygen atoms in total. The van der Waals surface area contributed by atoms with Crippen LogP contribution in [-0.2, 0) is 9.84 Å². The molecule has 1 saturated carbocycles. The third kappa shape index (κ3) is 6.02. The van der Waals surface area contributed by atoms with Crippen LogP contribution in [0, 0.1) is 0 Å². The van der Waals surface area contributed by atoms with Crippen LogP contribution < -0.4 is 4.74 Å². The summed E-state index contributed by atoms with van der Waals surface area (Å²) in [6.45, 7) is 1.85. The first-order chi connectivity index (χ1) is 12.1. The first kappa shape index (κ1) is 20.8. The molecule has 0 amide bonds. The molecule has 0 aliphatic heterocycles. The highest BCUT2D eigenvalue weighted by molar-refractivity contribution is 7.94. The van der Waals surface area contributed by atoms with Crippen molar-refractivity contribution in [3.05, 3.63) is 34.7 Å². The summed E-state index contributed by atoms with van der Waals surface area (Å²) in [6, 6.07) is 3.25. The lowest BCUT2D eigenvalue weighted by Gasteiger charge is -2.15. The number of allylic oxidation sites excluding steroid dienone is 1. The number of rotatable bonds is 6. The molecule has 1 unspecified atom stereocenters. The molecule has 0 aromatic heterocycles. The maximum absolute atomic E-state index is 12.7. The molecule has 1 fully saturated rings. The van der Waals surface area contributed by atoms with Crippen LogP contribution in [0.15, 0.2) is 34.1 Å². The summed E-state index contributed by atoms with van der Waals surface area (Å²) in [5, 5.41) is 9.22. The molecule has 146 valence electrons. The molecule has 0 heterocycles. The average Bonchev–Trinajstić information content (AvgIpc) is 2.53. The standard InChI is InChI=1S/C18H23F3O4S/c1-2-6-17(22)14-9-15(25-18(19,20)21)11-16(10-14)26(23,24)12-13-7-4-3-5-8-13/h9-12,17,22H,2-8H2,1H3/p+1. The second kappa shape index (κ2) is 8.43. The van der Waals surface area contributed by atoms with Gasteiger partial charge >= 0.3 is 6.36 Å². The first-order valence-electron chi connectivity index (χ1n) is 8.67. The molecule has 26 heavy (non-hydrogen) atoms. The van der Waals surface area contributed by atoms with Crippen LogP contribution in [0.4, 0.5) is 13.2 Å². The fourth-order valence-corrected chi connectivity index (χ4v) is 4.41. The Morgan fingerprint density at radius 3 is 2.42 bits per heavy atom. The van der Waals surface area contributed by atoms with Crippen molar-refractivity contribution in [1.82, 2.24) is 0 Å². The molecule has 1 atom stereocenters. The molecular formula is C18H24F3O4S+. The van der Waals surface area contributed by atoms with E-state index < -0.39 is 28.1 Å². The lowest BCUT2D eigenvalue weighted by Crippen LogP contribution is -2.17. The first-order valence-corrected chi connectivity index (χ1v) is 10.2. The van der Waals surface area contributed by atoms with Crippen LogP contribution in [0.5, 0.6) is 5.75 Å². The smallest absolute Gasteiger partial charge is 0.440 e. The van der Waals surface area contributed by atoms with Gasteiger partial charge in [-0.25, -0.2) is 8.42 Å². The molecule has 0 bridgehead atoms. The SMILES string of the molecule is CCCC([OH2+])c1cc(OC(F)(F)F)cc(S(=O)(=O)C=C2CCCCC2)c1. The Labute approximate surface area is 151 Å². The van der Waals surface area contributed by atoms with Crippen LogP contribution in [0.1, 0.15) is 63.5 Å². The summed E-state index contributed by atoms with van der Waals surface area (Å²) in [5.74, 6) is -0.607. The Hall–Kier alpha value is -1.54. The van der Waals surface area contributed by atoms with E-state index in [0.717, 1.165) is 37.0 Å². The van der Waals surface area contributed by atoms with Gasteiger partial charge in [0.2, 0.25) is 0 Å². The lowest BCUT2D eigenvalue weighted by atomic mass is 9.96. The van der Waals surface area contributed by atoms with E-state index in [-0.39, 0.29) is 10.5 Å². The number of hydrogen-bond acceptors (Lipinski definition) is 3. The second-order valence-corrected chi connectivity index (χ2v) is 8.31. The minimum atomic E-state index is -4.93. The van der Waals surface area contributed by atoms with Gasteiger partial charge in [-0.1, -0.05) is 18.9 Å². The molecule has 2 N–H and O–H groups in total. The van der Waals surface area contributed by atoms with Gasteiger partial charge in [0.1, 0.15) is 5.75 Å². The van der Waals surface area contributed by atoms with Crippen molar-refractivity contribution in [2.24, 2.45) is 0 Å². The summed E-state index contributed by atoms with van der Waals surface area (Å²) < 4.78 is 67.1. The fourth-order valence-electron chi connectivity index (χ4n) is 3.02. The zero-order chi connectivity index (χ0) is 19.4. The van der Waals surface area contributed by atoms with Crippen LogP contribution in [0.25, 0.3) is 0 Å². The van der Waals surface area contributed by atoms with Crippen LogP contribution in [-0.4, -0.2) is 19.9 Å². The van der Waals surface area contributed by atoms with E-state index in [1.807, 2.05) is 6.92 Å². The minimum absolute atomic E-state index is 0.203. The lowest BCUT2D eigenvalue weighted by molar-refractivity contribution is -0.274. The zero-order valence-electron chi connectivity index (χ0n) is 14.6. The van der Waals surface area contributed by atoms with Crippen molar-refractivity contribution >= 4 is 9.84 Å². The molecule has 1 aromatic carbocycles. The summed E-state index contributed by atoms with van der Waals surface area (Å²) in [5.41, 5.74) is 0.991. The van der Waals surface area contributed by atoms with E-state index in [1.54, 1.807) is 0 Å². The number of hydrogen-bond donors (Lipinski definition) is 0. The van der Waals surface area contributed by atoms with Crippen molar-refractivity contribution in [3.8, 4) is 5.75 Å². The van der Waals surface area contributed by atoms with E-state index in [4.69, 9.17) is 5.11 Å². The number of ether oxygens (including phenoxy) is 1. The maximum atomic E-state index is 12.7. The van der Waals surface area contributed by atoms with Crippen LogP contribution in [0.3, 0.4) is 0 Å². The van der Waals surface area contributed by atoms with E-state index in [1.165, 1.54) is 11.5 Å². The minimum Gasteiger partial charge on any atom is -0.440 e. The topological polar surface area (TPSA) is 66.3 Å². The highest BCUT2D eigenvalue weighted by atomic mass is 32.2. The number of alkyl halides is 3. The molecule has 0 spiro atoms. The molecule has 2 rings (SSSR count). The number of benzene rings is 1. The van der Waals surface area contributed by atoms with Gasteiger partial charge in [0.05, 0.1) is 4.90 Å². The van der Waals surface area contributed by atoms with Gasteiger partial charge in [0, 0.05) is 17.4 Å². The molecule has 0 saturated heterocycles. The fraction of sp³-hybridized carbons (Fsp3) is 0.556. The molecule has 1 aliphatic carbocycles. The number of sulfone groups is 1. The average molecular weight is 393 g/mol. The van der Waals surface area contributed by atoms with Gasteiger partial charge in [0.15, 0.2) is 15.9 Å². The Bertz CT molecular complexity index is 746. The Morgan fingerprint density at radius 2 is 1.85 bits per heavy atom.